The van der Waals surface area contributed by atoms with Crippen LogP contribution in [-0.2, 0) is 9.53 Å². The number of carbonyl (C=O) groups excluding carboxylic acids is 2. The van der Waals surface area contributed by atoms with E-state index in [4.69, 9.17) is 47.4 Å². The van der Waals surface area contributed by atoms with E-state index in [-0.39, 0.29) is 0 Å². The normalized spacial score (nSPS) is 11.3. The van der Waals surface area contributed by atoms with Crippen molar-refractivity contribution in [2.75, 3.05) is 20.8 Å². The summed E-state index contributed by atoms with van der Waals surface area (Å²) in [5, 5.41) is 0. The molecule has 0 aliphatic rings. The van der Waals surface area contributed by atoms with Crippen molar-refractivity contribution in [1.29, 1.82) is 0 Å². The molecule has 0 aliphatic carbocycles. The summed E-state index contributed by atoms with van der Waals surface area (Å²) in [6.07, 6.45) is 4.26. The Kier molecular flexibility index (Phi) is 10.4. The maximum absolute atomic E-state index is 12.6. The Balaban J connectivity index is 2.01. The molecule has 10 heteroatoms. The second kappa shape index (κ2) is 12.7. The number of halogens is 3. The number of hydrogen-bond donors (Lipinski definition) is 0. The Morgan fingerprint density at radius 3 is 2.47 bits per heavy atom. The Labute approximate surface area is 202 Å². The quantitative estimate of drug-likeness (QED) is 0.0921. The van der Waals surface area contributed by atoms with Crippen LogP contribution in [0.15, 0.2) is 48.5 Å². The second-order valence-corrected chi connectivity index (χ2v) is 15.9. The van der Waals surface area contributed by atoms with Gasteiger partial charge in [-0.05, 0) is 61.4 Å². The molecule has 0 aromatic heterocycles. The van der Waals surface area contributed by atoms with Crippen molar-refractivity contribution >= 4 is 57.3 Å². The van der Waals surface area contributed by atoms with Crippen LogP contribution in [0, 0.1) is 0 Å². The molecule has 172 valence electrons. The summed E-state index contributed by atoms with van der Waals surface area (Å²) >= 11 is 17.6. The van der Waals surface area contributed by atoms with Crippen LogP contribution in [0.25, 0.3) is 6.08 Å². The van der Waals surface area contributed by atoms with Gasteiger partial charge in [0.1, 0.15) is 17.2 Å². The number of hydrogen-bond acceptors (Lipinski definition) is 6. The summed E-state index contributed by atoms with van der Waals surface area (Å²) in [5.41, 5.74) is 0.886. The van der Waals surface area contributed by atoms with Gasteiger partial charge in [-0.15, -0.1) is 33.2 Å². The molecule has 0 saturated carbocycles. The van der Waals surface area contributed by atoms with Crippen LogP contribution in [0.5, 0.6) is 17.2 Å². The summed E-state index contributed by atoms with van der Waals surface area (Å²) in [4.78, 5) is 23.9. The fraction of sp³-hybridized carbons (Fsp3) is 0.273. The highest BCUT2D eigenvalue weighted by Gasteiger charge is 2.23. The minimum atomic E-state index is -2.61. The average Bonchev–Trinajstić information content (AvgIpc) is 2.76. The van der Waals surface area contributed by atoms with Crippen LogP contribution >= 0.6 is 33.2 Å². The van der Waals surface area contributed by atoms with Gasteiger partial charge in [0.2, 0.25) is 0 Å². The van der Waals surface area contributed by atoms with Crippen LogP contribution in [0.4, 0.5) is 0 Å². The average molecular weight is 518 g/mol. The number of esters is 2. The van der Waals surface area contributed by atoms with Crippen molar-refractivity contribution in [3.63, 3.8) is 0 Å². The molecule has 0 aliphatic heterocycles. The van der Waals surface area contributed by atoms with Gasteiger partial charge in [0.05, 0.1) is 26.4 Å². The molecule has 0 heterocycles. The van der Waals surface area contributed by atoms with E-state index in [0.29, 0.717) is 41.0 Å². The van der Waals surface area contributed by atoms with Crippen molar-refractivity contribution in [2.45, 2.75) is 18.9 Å². The molecule has 0 N–H and O–H groups in total. The molecule has 0 radical (unpaired) electrons. The smallest absolute Gasteiger partial charge is 0.343 e. The molecule has 6 nitrogen and oxygen atoms in total. The summed E-state index contributed by atoms with van der Waals surface area (Å²) in [6.45, 7) is 0.446. The third-order valence-electron chi connectivity index (χ3n) is 4.20. The summed E-state index contributed by atoms with van der Waals surface area (Å²) in [7, 11) is 2.78. The van der Waals surface area contributed by atoms with Crippen LogP contribution in [0.1, 0.15) is 28.8 Å². The standard InChI is InChI=1S/C22H23Cl3O6Si/c1-28-20-10-9-19(14-16(20)8-11-21(26)29-2)31-22(27)17-6-5-7-18(15-17)30-12-3-4-13-32(23,24)25/h5-11,14-15H,3-4,12-13H2,1-2H3/b11-8+. The predicted molar refractivity (Wildman–Crippen MR) is 128 cm³/mol. The molecule has 2 aromatic rings. The number of methoxy groups -OCH3 is 2. The van der Waals surface area contributed by atoms with Crippen LogP contribution in [0.2, 0.25) is 6.04 Å². The molecule has 0 bridgehead atoms. The van der Waals surface area contributed by atoms with E-state index < -0.39 is 17.9 Å². The Bertz CT molecular complexity index is 959. The van der Waals surface area contributed by atoms with Crippen LogP contribution in [0.3, 0.4) is 0 Å². The number of ether oxygens (including phenoxy) is 4. The molecule has 0 fully saturated rings. The summed E-state index contributed by atoms with van der Waals surface area (Å²) in [5.74, 6) is 0.286. The van der Waals surface area contributed by atoms with Crippen molar-refractivity contribution in [3.8, 4) is 17.2 Å². The fourth-order valence-electron chi connectivity index (χ4n) is 2.63. The topological polar surface area (TPSA) is 71.1 Å². The highest BCUT2D eigenvalue weighted by molar-refractivity contribution is 7.64. The van der Waals surface area contributed by atoms with E-state index in [0.717, 1.165) is 12.8 Å². The second-order valence-electron chi connectivity index (χ2n) is 6.60. The van der Waals surface area contributed by atoms with Gasteiger partial charge in [0, 0.05) is 11.6 Å². The Morgan fingerprint density at radius 2 is 1.78 bits per heavy atom. The molecule has 0 saturated heterocycles. The lowest BCUT2D eigenvalue weighted by Crippen LogP contribution is -2.10. The van der Waals surface area contributed by atoms with E-state index in [2.05, 4.69) is 4.74 Å². The lowest BCUT2D eigenvalue weighted by atomic mass is 10.1. The number of benzene rings is 2. The molecule has 2 aromatic carbocycles. The molecule has 32 heavy (non-hydrogen) atoms. The molecule has 0 spiro atoms. The van der Waals surface area contributed by atoms with Gasteiger partial charge in [-0.3, -0.25) is 0 Å². The third kappa shape index (κ3) is 9.12. The molecular formula is C22H23Cl3O6Si. The summed E-state index contributed by atoms with van der Waals surface area (Å²) < 4.78 is 21.0. The Hall–Kier alpha value is -2.19. The highest BCUT2D eigenvalue weighted by Crippen LogP contribution is 2.28. The molecule has 0 amide bonds. The van der Waals surface area contributed by atoms with Crippen LogP contribution < -0.4 is 14.2 Å². The molecule has 0 unspecified atom stereocenters. The van der Waals surface area contributed by atoms with Crippen molar-refractivity contribution in [1.82, 2.24) is 0 Å². The van der Waals surface area contributed by atoms with E-state index in [1.54, 1.807) is 42.5 Å². The van der Waals surface area contributed by atoms with Gasteiger partial charge < -0.3 is 18.9 Å². The van der Waals surface area contributed by atoms with Gasteiger partial charge in [-0.2, -0.15) is 0 Å². The monoisotopic (exact) mass is 516 g/mol. The maximum atomic E-state index is 12.6. The van der Waals surface area contributed by atoms with Gasteiger partial charge in [0.25, 0.3) is 0 Å². The first-order valence-electron chi connectivity index (χ1n) is 9.67. The fourth-order valence-corrected chi connectivity index (χ4v) is 4.48. The summed E-state index contributed by atoms with van der Waals surface area (Å²) in [6, 6.07) is 9.49. The van der Waals surface area contributed by atoms with Gasteiger partial charge in [-0.1, -0.05) is 6.07 Å². The minimum Gasteiger partial charge on any atom is -0.496 e. The maximum Gasteiger partial charge on any atom is 0.343 e. The largest absolute Gasteiger partial charge is 0.496 e. The van der Waals surface area contributed by atoms with Gasteiger partial charge in [0.15, 0.2) is 0 Å². The number of carbonyl (C=O) groups is 2. The van der Waals surface area contributed by atoms with Crippen molar-refractivity contribution < 1.29 is 28.5 Å². The van der Waals surface area contributed by atoms with E-state index >= 15 is 0 Å². The van der Waals surface area contributed by atoms with E-state index in [1.807, 2.05) is 0 Å². The van der Waals surface area contributed by atoms with E-state index in [1.165, 1.54) is 26.4 Å². The zero-order valence-electron chi connectivity index (χ0n) is 17.6. The molecule has 0 atom stereocenters. The number of rotatable bonds is 11. The first kappa shape index (κ1) is 26.1. The number of unbranched alkanes of at least 4 members (excludes halogenated alkanes) is 1. The van der Waals surface area contributed by atoms with Crippen molar-refractivity contribution in [3.05, 3.63) is 59.7 Å². The molecule has 2 rings (SSSR count). The first-order chi connectivity index (χ1) is 15.2. The molecular weight excluding hydrogens is 495 g/mol. The van der Waals surface area contributed by atoms with E-state index in [9.17, 15) is 9.59 Å². The van der Waals surface area contributed by atoms with Gasteiger partial charge >= 0.3 is 17.9 Å². The highest BCUT2D eigenvalue weighted by atomic mass is 35.8. The SMILES string of the molecule is COC(=O)/C=C/c1cc(OC(=O)c2cccc(OCCCC[Si](Cl)(Cl)Cl)c2)ccc1OC. The van der Waals surface area contributed by atoms with Gasteiger partial charge in [-0.25, -0.2) is 9.59 Å². The van der Waals surface area contributed by atoms with Crippen molar-refractivity contribution in [2.24, 2.45) is 0 Å². The lowest BCUT2D eigenvalue weighted by molar-refractivity contribution is -0.134. The van der Waals surface area contributed by atoms with Crippen LogP contribution in [-0.4, -0.2) is 38.8 Å². The predicted octanol–water partition coefficient (Wildman–Crippen LogP) is 5.91. The lowest BCUT2D eigenvalue weighted by Gasteiger charge is -2.11. The first-order valence-corrected chi connectivity index (χ1v) is 14.9. The third-order valence-corrected chi connectivity index (χ3v) is 6.83. The zero-order chi connectivity index (χ0) is 23.6. The Morgan fingerprint density at radius 1 is 1.00 bits per heavy atom. The zero-order valence-corrected chi connectivity index (χ0v) is 20.9. The minimum absolute atomic E-state index is 0.294.